The van der Waals surface area contributed by atoms with E-state index in [-0.39, 0.29) is 18.0 Å². The largest absolute Gasteiger partial charge is 0.350 e. The van der Waals surface area contributed by atoms with Gasteiger partial charge in [-0.25, -0.2) is 4.98 Å². The van der Waals surface area contributed by atoms with Crippen molar-refractivity contribution in [1.82, 2.24) is 15.3 Å². The number of nitrogens with one attached hydrogen (secondary N) is 1. The molecule has 2 aromatic heterocycles. The minimum Gasteiger partial charge on any atom is -0.350 e. The maximum Gasteiger partial charge on any atom is 0.243 e. The van der Waals surface area contributed by atoms with Crippen LogP contribution in [0, 0.1) is 0 Å². The Balaban J connectivity index is 1.52. The van der Waals surface area contributed by atoms with Crippen LogP contribution >= 0.6 is 11.3 Å². The van der Waals surface area contributed by atoms with Crippen molar-refractivity contribution >= 4 is 22.2 Å². The molecular weight excluding hydrogens is 356 g/mol. The van der Waals surface area contributed by atoms with E-state index in [1.807, 2.05) is 30.3 Å². The Labute approximate surface area is 163 Å². The third-order valence-electron chi connectivity index (χ3n) is 4.73. The minimum absolute atomic E-state index is 0.0481. The Morgan fingerprint density at radius 2 is 1.96 bits per heavy atom. The number of pyridine rings is 1. The highest BCUT2D eigenvalue weighted by Crippen LogP contribution is 2.42. The lowest BCUT2D eigenvalue weighted by Crippen LogP contribution is -2.48. The number of anilines is 1. The molecule has 6 heteroatoms. The molecular formula is C21H22N4OS. The van der Waals surface area contributed by atoms with Crippen LogP contribution in [0.2, 0.25) is 0 Å². The molecule has 0 saturated carbocycles. The van der Waals surface area contributed by atoms with Crippen molar-refractivity contribution < 1.29 is 4.79 Å². The number of aromatic nitrogens is 2. The molecule has 3 aromatic rings. The van der Waals surface area contributed by atoms with Gasteiger partial charge in [-0.3, -0.25) is 9.78 Å². The molecule has 0 saturated heterocycles. The van der Waals surface area contributed by atoms with Gasteiger partial charge in [0.2, 0.25) is 5.91 Å². The lowest BCUT2D eigenvalue weighted by molar-refractivity contribution is -0.122. The second-order valence-electron chi connectivity index (χ2n) is 6.93. The highest BCUT2D eigenvalue weighted by atomic mass is 32.1. The zero-order valence-corrected chi connectivity index (χ0v) is 16.2. The second kappa shape index (κ2) is 7.48. The molecule has 27 heavy (non-hydrogen) atoms. The fourth-order valence-corrected chi connectivity index (χ4v) is 4.71. The van der Waals surface area contributed by atoms with Crippen LogP contribution in [0.15, 0.2) is 54.9 Å². The summed E-state index contributed by atoms with van der Waals surface area (Å²) in [7, 11) is 0. The molecule has 1 aliphatic rings. The lowest BCUT2D eigenvalue weighted by atomic mass is 10.1. The lowest BCUT2D eigenvalue weighted by Gasteiger charge is -2.29. The first-order chi connectivity index (χ1) is 13.1. The molecule has 1 amide bonds. The number of carbonyl (C=O) groups excluding carboxylic acids is 1. The van der Waals surface area contributed by atoms with Crippen LogP contribution in [-0.2, 0) is 17.8 Å². The van der Waals surface area contributed by atoms with E-state index < -0.39 is 0 Å². The number of nitrogens with zero attached hydrogens (tertiary/aromatic N) is 3. The first-order valence-electron chi connectivity index (χ1n) is 9.13. The molecule has 0 radical (unpaired) electrons. The summed E-state index contributed by atoms with van der Waals surface area (Å²) >= 11 is 1.67. The van der Waals surface area contributed by atoms with Gasteiger partial charge in [0.05, 0.1) is 5.69 Å². The van der Waals surface area contributed by atoms with Crippen molar-refractivity contribution in [3.63, 3.8) is 0 Å². The highest BCUT2D eigenvalue weighted by molar-refractivity contribution is 7.19. The van der Waals surface area contributed by atoms with E-state index in [4.69, 9.17) is 4.98 Å². The minimum atomic E-state index is -0.203. The normalized spacial score (nSPS) is 15.8. The Kier molecular flexibility index (Phi) is 4.90. The molecule has 1 unspecified atom stereocenters. The summed E-state index contributed by atoms with van der Waals surface area (Å²) in [6.45, 7) is 4.76. The number of rotatable bonds is 5. The fraction of sp³-hybridized carbons (Fsp3) is 0.286. The highest BCUT2D eigenvalue weighted by Gasteiger charge is 2.38. The van der Waals surface area contributed by atoms with Gasteiger partial charge in [-0.05, 0) is 31.5 Å². The summed E-state index contributed by atoms with van der Waals surface area (Å²) < 4.78 is 0. The van der Waals surface area contributed by atoms with Gasteiger partial charge >= 0.3 is 0 Å². The zero-order valence-electron chi connectivity index (χ0n) is 15.4. The second-order valence-corrected chi connectivity index (χ2v) is 7.91. The van der Waals surface area contributed by atoms with Crippen molar-refractivity contribution in [1.29, 1.82) is 0 Å². The summed E-state index contributed by atoms with van der Waals surface area (Å²) in [6, 6.07) is 14.1. The molecule has 0 fully saturated rings. The quantitative estimate of drug-likeness (QED) is 0.736. The van der Waals surface area contributed by atoms with Gasteiger partial charge in [-0.2, -0.15) is 0 Å². The third kappa shape index (κ3) is 3.57. The molecule has 1 atom stereocenters. The SMILES string of the molecule is CC(C)N1c2sc(-c3ccccc3)nc2CC1C(=O)NCc1ccncc1. The molecule has 1 aromatic carbocycles. The van der Waals surface area contributed by atoms with Crippen LogP contribution in [-0.4, -0.2) is 28.0 Å². The van der Waals surface area contributed by atoms with Crippen molar-refractivity contribution in [2.75, 3.05) is 4.90 Å². The number of thiazole rings is 1. The Hall–Kier alpha value is -2.73. The summed E-state index contributed by atoms with van der Waals surface area (Å²) in [6.07, 6.45) is 4.13. The van der Waals surface area contributed by atoms with Crippen molar-refractivity contribution in [2.24, 2.45) is 0 Å². The molecule has 5 nitrogen and oxygen atoms in total. The van der Waals surface area contributed by atoms with Gasteiger partial charge in [0, 0.05) is 37.0 Å². The van der Waals surface area contributed by atoms with Crippen LogP contribution in [0.25, 0.3) is 10.6 Å². The van der Waals surface area contributed by atoms with Crippen LogP contribution in [0.3, 0.4) is 0 Å². The molecule has 3 heterocycles. The maximum absolute atomic E-state index is 12.9. The summed E-state index contributed by atoms with van der Waals surface area (Å²) in [5, 5.41) is 5.20. The summed E-state index contributed by atoms with van der Waals surface area (Å²) in [5.41, 5.74) is 3.20. The predicted molar refractivity (Wildman–Crippen MR) is 109 cm³/mol. The van der Waals surface area contributed by atoms with Gasteiger partial charge in [0.15, 0.2) is 0 Å². The third-order valence-corrected chi connectivity index (χ3v) is 5.89. The van der Waals surface area contributed by atoms with Crippen LogP contribution < -0.4 is 10.2 Å². The maximum atomic E-state index is 12.9. The fourth-order valence-electron chi connectivity index (χ4n) is 3.43. The smallest absolute Gasteiger partial charge is 0.243 e. The van der Waals surface area contributed by atoms with Gasteiger partial charge in [0.1, 0.15) is 16.1 Å². The number of carbonyl (C=O) groups is 1. The molecule has 0 aliphatic carbocycles. The summed E-state index contributed by atoms with van der Waals surface area (Å²) in [5.74, 6) is 0.0481. The Bertz CT molecular complexity index is 924. The van der Waals surface area contributed by atoms with Crippen LogP contribution in [0.1, 0.15) is 25.1 Å². The first kappa shape index (κ1) is 17.7. The number of amides is 1. The molecule has 1 aliphatic heterocycles. The standard InChI is InChI=1S/C21H22N4OS/c1-14(2)25-18(19(26)23-13-15-8-10-22-11-9-15)12-17-21(25)27-20(24-17)16-6-4-3-5-7-16/h3-11,14,18H,12-13H2,1-2H3,(H,23,26). The molecule has 0 bridgehead atoms. The number of hydrogen-bond donors (Lipinski definition) is 1. The van der Waals surface area contributed by atoms with Gasteiger partial charge in [0.25, 0.3) is 0 Å². The van der Waals surface area contributed by atoms with E-state index in [0.29, 0.717) is 13.0 Å². The van der Waals surface area contributed by atoms with Gasteiger partial charge < -0.3 is 10.2 Å². The van der Waals surface area contributed by atoms with Crippen LogP contribution in [0.4, 0.5) is 5.00 Å². The molecule has 0 spiro atoms. The molecule has 1 N–H and O–H groups in total. The number of fused-ring (bicyclic) bond motifs is 1. The average molecular weight is 379 g/mol. The van der Waals surface area contributed by atoms with E-state index >= 15 is 0 Å². The number of benzene rings is 1. The molecule has 138 valence electrons. The Morgan fingerprint density at radius 3 is 2.67 bits per heavy atom. The van der Waals surface area contributed by atoms with Crippen molar-refractivity contribution in [2.45, 2.75) is 38.9 Å². The van der Waals surface area contributed by atoms with E-state index in [9.17, 15) is 4.79 Å². The monoisotopic (exact) mass is 378 g/mol. The average Bonchev–Trinajstić information content (AvgIpc) is 3.25. The zero-order chi connectivity index (χ0) is 18.8. The Morgan fingerprint density at radius 1 is 1.22 bits per heavy atom. The molecule has 4 rings (SSSR count). The van der Waals surface area contributed by atoms with Crippen LogP contribution in [0.5, 0.6) is 0 Å². The van der Waals surface area contributed by atoms with Gasteiger partial charge in [-0.15, -0.1) is 0 Å². The van der Waals surface area contributed by atoms with Gasteiger partial charge in [-0.1, -0.05) is 41.7 Å². The van der Waals surface area contributed by atoms with E-state index in [2.05, 4.69) is 41.2 Å². The van der Waals surface area contributed by atoms with E-state index in [0.717, 1.165) is 26.8 Å². The van der Waals surface area contributed by atoms with E-state index in [1.54, 1.807) is 23.7 Å². The van der Waals surface area contributed by atoms with Crippen molar-refractivity contribution in [3.8, 4) is 10.6 Å². The van der Waals surface area contributed by atoms with E-state index in [1.165, 1.54) is 0 Å². The predicted octanol–water partition coefficient (Wildman–Crippen LogP) is 3.66. The summed E-state index contributed by atoms with van der Waals surface area (Å²) in [4.78, 5) is 23.9. The topological polar surface area (TPSA) is 58.1 Å². The van der Waals surface area contributed by atoms with Crippen molar-refractivity contribution in [3.05, 3.63) is 66.1 Å². The number of hydrogen-bond acceptors (Lipinski definition) is 5. The first-order valence-corrected chi connectivity index (χ1v) is 9.95.